The molecule has 1 amide bonds. The summed E-state index contributed by atoms with van der Waals surface area (Å²) < 4.78 is 13.7. The van der Waals surface area contributed by atoms with Crippen LogP contribution < -0.4 is 10.6 Å². The molecule has 0 radical (unpaired) electrons. The van der Waals surface area contributed by atoms with Crippen LogP contribution in [0.15, 0.2) is 61.1 Å². The molecule has 1 aromatic carbocycles. The molecule has 0 aliphatic carbocycles. The van der Waals surface area contributed by atoms with Crippen LogP contribution >= 0.6 is 0 Å². The van der Waals surface area contributed by atoms with Gasteiger partial charge in [0.05, 0.1) is 17.9 Å². The van der Waals surface area contributed by atoms with E-state index in [0.717, 1.165) is 5.69 Å². The molecule has 3 rings (SSSR count). The Morgan fingerprint density at radius 2 is 1.88 bits per heavy atom. The fraction of sp³-hybridized carbons (Fsp3) is 0.0588. The lowest BCUT2D eigenvalue weighted by Crippen LogP contribution is -2.24. The van der Waals surface area contributed by atoms with Crippen LogP contribution in [0.2, 0.25) is 0 Å². The fourth-order valence-corrected chi connectivity index (χ4v) is 2.01. The number of benzene rings is 1. The molecule has 0 aliphatic heterocycles. The predicted octanol–water partition coefficient (Wildman–Crippen LogP) is 2.68. The summed E-state index contributed by atoms with van der Waals surface area (Å²) in [6.45, 7) is 0.291. The minimum Gasteiger partial charge on any atom is -0.345 e. The van der Waals surface area contributed by atoms with Crippen molar-refractivity contribution in [2.75, 3.05) is 5.32 Å². The highest BCUT2D eigenvalue weighted by Crippen LogP contribution is 2.17. The Hall–Kier alpha value is -3.35. The summed E-state index contributed by atoms with van der Waals surface area (Å²) in [7, 11) is 0. The van der Waals surface area contributed by atoms with Crippen molar-refractivity contribution in [3.05, 3.63) is 78.3 Å². The first-order valence-corrected chi connectivity index (χ1v) is 7.24. The molecule has 0 saturated carbocycles. The molecule has 0 fully saturated rings. The van der Waals surface area contributed by atoms with Gasteiger partial charge < -0.3 is 10.6 Å². The molecular formula is C17H14FN5O. The molecule has 0 aliphatic rings. The van der Waals surface area contributed by atoms with E-state index in [-0.39, 0.29) is 17.3 Å². The van der Waals surface area contributed by atoms with Crippen LogP contribution in [-0.2, 0) is 6.54 Å². The van der Waals surface area contributed by atoms with Gasteiger partial charge in [-0.1, -0.05) is 18.2 Å². The molecule has 2 aromatic heterocycles. The minimum absolute atomic E-state index is 0.180. The first-order valence-electron chi connectivity index (χ1n) is 7.24. The van der Waals surface area contributed by atoms with Gasteiger partial charge in [-0.15, -0.1) is 0 Å². The lowest BCUT2D eigenvalue weighted by molar-refractivity contribution is 0.0945. The Bertz CT molecular complexity index is 841. The van der Waals surface area contributed by atoms with Crippen molar-refractivity contribution in [2.45, 2.75) is 6.54 Å². The third kappa shape index (κ3) is 3.89. The van der Waals surface area contributed by atoms with E-state index in [1.165, 1.54) is 18.5 Å². The Morgan fingerprint density at radius 3 is 2.67 bits per heavy atom. The molecule has 0 atom stereocenters. The third-order valence-electron chi connectivity index (χ3n) is 3.19. The van der Waals surface area contributed by atoms with Gasteiger partial charge in [-0.25, -0.2) is 14.4 Å². The van der Waals surface area contributed by atoms with Gasteiger partial charge in [0.2, 0.25) is 0 Å². The number of nitrogens with zero attached hydrogens (tertiary/aromatic N) is 3. The van der Waals surface area contributed by atoms with E-state index in [1.807, 2.05) is 12.1 Å². The van der Waals surface area contributed by atoms with Crippen LogP contribution in [0, 0.1) is 5.82 Å². The van der Waals surface area contributed by atoms with Crippen molar-refractivity contribution < 1.29 is 9.18 Å². The summed E-state index contributed by atoms with van der Waals surface area (Å²) in [6, 6.07) is 13.1. The molecule has 2 N–H and O–H groups in total. The number of hydrogen-bond donors (Lipinski definition) is 2. The average molecular weight is 323 g/mol. The topological polar surface area (TPSA) is 79.8 Å². The zero-order chi connectivity index (χ0) is 16.8. The third-order valence-corrected chi connectivity index (χ3v) is 3.19. The number of pyridine rings is 1. The van der Waals surface area contributed by atoms with E-state index in [4.69, 9.17) is 0 Å². The van der Waals surface area contributed by atoms with Crippen molar-refractivity contribution in [1.29, 1.82) is 0 Å². The van der Waals surface area contributed by atoms with Crippen LogP contribution in [0.4, 0.5) is 15.9 Å². The highest BCUT2D eigenvalue weighted by molar-refractivity contribution is 5.92. The van der Waals surface area contributed by atoms with Gasteiger partial charge in [-0.05, 0) is 24.3 Å². The molecule has 3 aromatic rings. The highest BCUT2D eigenvalue weighted by Gasteiger charge is 2.10. The van der Waals surface area contributed by atoms with E-state index < -0.39 is 5.82 Å². The smallest absolute Gasteiger partial charge is 0.270 e. The molecule has 120 valence electrons. The molecule has 0 unspecified atom stereocenters. The molecule has 24 heavy (non-hydrogen) atoms. The van der Waals surface area contributed by atoms with Crippen molar-refractivity contribution in [2.24, 2.45) is 0 Å². The van der Waals surface area contributed by atoms with Gasteiger partial charge in [-0.2, -0.15) is 0 Å². The van der Waals surface area contributed by atoms with Gasteiger partial charge in [0.25, 0.3) is 5.91 Å². The number of hydrogen-bond acceptors (Lipinski definition) is 5. The van der Waals surface area contributed by atoms with Gasteiger partial charge in [-0.3, -0.25) is 9.78 Å². The Kier molecular flexibility index (Phi) is 4.71. The van der Waals surface area contributed by atoms with Crippen LogP contribution in [0.3, 0.4) is 0 Å². The van der Waals surface area contributed by atoms with Crippen molar-refractivity contribution in [1.82, 2.24) is 20.3 Å². The number of anilines is 2. The Balaban J connectivity index is 1.68. The Morgan fingerprint density at radius 1 is 1.04 bits per heavy atom. The van der Waals surface area contributed by atoms with E-state index in [0.29, 0.717) is 12.4 Å². The predicted molar refractivity (Wildman–Crippen MR) is 87.1 cm³/mol. The number of halogens is 1. The standard InChI is InChI=1S/C17H14FN5O/c18-13-6-1-2-7-14(13)23-16-9-15(21-11-22-16)17(24)20-10-12-5-3-4-8-19-12/h1-9,11H,10H2,(H,20,24)(H,21,22,23). The average Bonchev–Trinajstić information content (AvgIpc) is 2.63. The maximum absolute atomic E-state index is 13.7. The molecule has 2 heterocycles. The zero-order valence-corrected chi connectivity index (χ0v) is 12.6. The van der Waals surface area contributed by atoms with E-state index >= 15 is 0 Å². The monoisotopic (exact) mass is 323 g/mol. The number of amides is 1. The van der Waals surface area contributed by atoms with E-state index in [9.17, 15) is 9.18 Å². The number of para-hydroxylation sites is 1. The summed E-state index contributed by atoms with van der Waals surface area (Å²) in [6.07, 6.45) is 2.90. The van der Waals surface area contributed by atoms with Crippen molar-refractivity contribution in [3.8, 4) is 0 Å². The van der Waals surface area contributed by atoms with Crippen LogP contribution in [0.5, 0.6) is 0 Å². The first kappa shape index (κ1) is 15.5. The number of carbonyl (C=O) groups is 1. The zero-order valence-electron chi connectivity index (χ0n) is 12.6. The number of carbonyl (C=O) groups excluding carboxylic acids is 1. The molecule has 7 heteroatoms. The maximum Gasteiger partial charge on any atom is 0.270 e. The molecule has 0 bridgehead atoms. The summed E-state index contributed by atoms with van der Waals surface area (Å²) in [5.74, 6) is -0.435. The lowest BCUT2D eigenvalue weighted by atomic mass is 10.3. The highest BCUT2D eigenvalue weighted by atomic mass is 19.1. The van der Waals surface area contributed by atoms with E-state index in [1.54, 1.807) is 30.5 Å². The number of rotatable bonds is 5. The minimum atomic E-state index is -0.405. The van der Waals surface area contributed by atoms with Crippen LogP contribution in [-0.4, -0.2) is 20.9 Å². The number of nitrogens with one attached hydrogen (secondary N) is 2. The summed E-state index contributed by atoms with van der Waals surface area (Å²) in [4.78, 5) is 24.2. The van der Waals surface area contributed by atoms with Crippen LogP contribution in [0.25, 0.3) is 0 Å². The van der Waals surface area contributed by atoms with Crippen molar-refractivity contribution >= 4 is 17.4 Å². The SMILES string of the molecule is O=C(NCc1ccccn1)c1cc(Nc2ccccc2F)ncn1. The summed E-state index contributed by atoms with van der Waals surface area (Å²) in [5.41, 5.74) is 1.19. The van der Waals surface area contributed by atoms with Gasteiger partial charge >= 0.3 is 0 Å². The molecular weight excluding hydrogens is 309 g/mol. The maximum atomic E-state index is 13.7. The molecule has 0 spiro atoms. The quantitative estimate of drug-likeness (QED) is 0.754. The first-order chi connectivity index (χ1) is 11.7. The molecule has 0 saturated heterocycles. The van der Waals surface area contributed by atoms with Crippen LogP contribution in [0.1, 0.15) is 16.2 Å². The van der Waals surface area contributed by atoms with E-state index in [2.05, 4.69) is 25.6 Å². The normalized spacial score (nSPS) is 10.2. The van der Waals surface area contributed by atoms with Gasteiger partial charge in [0.1, 0.15) is 23.7 Å². The largest absolute Gasteiger partial charge is 0.345 e. The summed E-state index contributed by atoms with van der Waals surface area (Å²) in [5, 5.41) is 5.55. The van der Waals surface area contributed by atoms with Crippen molar-refractivity contribution in [3.63, 3.8) is 0 Å². The van der Waals surface area contributed by atoms with Gasteiger partial charge in [0.15, 0.2) is 0 Å². The van der Waals surface area contributed by atoms with Gasteiger partial charge in [0, 0.05) is 12.3 Å². The second-order valence-corrected chi connectivity index (χ2v) is 4.90. The lowest BCUT2D eigenvalue weighted by Gasteiger charge is -2.08. The molecule has 6 nitrogen and oxygen atoms in total. The Labute approximate surface area is 137 Å². The fourth-order valence-electron chi connectivity index (χ4n) is 2.01. The second kappa shape index (κ2) is 7.28. The number of aromatic nitrogens is 3. The second-order valence-electron chi connectivity index (χ2n) is 4.90. The summed E-state index contributed by atoms with van der Waals surface area (Å²) >= 11 is 0.